The van der Waals surface area contributed by atoms with E-state index < -0.39 is 5.97 Å². The van der Waals surface area contributed by atoms with E-state index in [9.17, 15) is 9.59 Å². The Labute approximate surface area is 115 Å². The standard InChI is InChI=1S/C14H15NO3S/c16-13(5-6-14(17)18)15-8-7-10-9-19-12-4-2-1-3-11(10)12/h1-4,9H,5-8H2,(H,15,16)(H,17,18). The zero-order chi connectivity index (χ0) is 13.7. The maximum Gasteiger partial charge on any atom is 0.303 e. The van der Waals surface area contributed by atoms with Crippen molar-refractivity contribution >= 4 is 33.3 Å². The molecule has 1 amide bonds. The van der Waals surface area contributed by atoms with Gasteiger partial charge in [0.25, 0.3) is 0 Å². The molecule has 0 unspecified atom stereocenters. The summed E-state index contributed by atoms with van der Waals surface area (Å²) in [5.41, 5.74) is 1.22. The number of aliphatic carboxylic acids is 1. The lowest BCUT2D eigenvalue weighted by Crippen LogP contribution is -2.25. The topological polar surface area (TPSA) is 66.4 Å². The lowest BCUT2D eigenvalue weighted by atomic mass is 10.1. The normalized spacial score (nSPS) is 10.5. The molecule has 0 saturated heterocycles. The second-order valence-corrected chi connectivity index (χ2v) is 5.16. The summed E-state index contributed by atoms with van der Waals surface area (Å²) in [5, 5.41) is 14.6. The number of benzene rings is 1. The van der Waals surface area contributed by atoms with Crippen molar-refractivity contribution in [2.24, 2.45) is 0 Å². The molecular weight excluding hydrogens is 262 g/mol. The van der Waals surface area contributed by atoms with Crippen LogP contribution >= 0.6 is 11.3 Å². The Kier molecular flexibility index (Phi) is 4.52. The maximum atomic E-state index is 11.4. The molecule has 0 spiro atoms. The molecule has 19 heavy (non-hydrogen) atoms. The third-order valence-corrected chi connectivity index (χ3v) is 3.86. The van der Waals surface area contributed by atoms with Gasteiger partial charge in [-0.05, 0) is 28.8 Å². The highest BCUT2D eigenvalue weighted by atomic mass is 32.1. The van der Waals surface area contributed by atoms with Gasteiger partial charge in [-0.2, -0.15) is 0 Å². The van der Waals surface area contributed by atoms with Gasteiger partial charge in [0.2, 0.25) is 5.91 Å². The molecule has 1 aromatic carbocycles. The highest BCUT2D eigenvalue weighted by Crippen LogP contribution is 2.25. The van der Waals surface area contributed by atoms with Crippen molar-refractivity contribution in [2.45, 2.75) is 19.3 Å². The van der Waals surface area contributed by atoms with E-state index in [1.807, 2.05) is 12.1 Å². The number of carbonyl (C=O) groups excluding carboxylic acids is 1. The van der Waals surface area contributed by atoms with Crippen LogP contribution in [0, 0.1) is 0 Å². The molecule has 1 aromatic heterocycles. The molecule has 2 aromatic rings. The Morgan fingerprint density at radius 2 is 2.00 bits per heavy atom. The van der Waals surface area contributed by atoms with E-state index in [2.05, 4.69) is 22.8 Å². The number of carbonyl (C=O) groups is 2. The van der Waals surface area contributed by atoms with Crippen LogP contribution in [0.15, 0.2) is 29.6 Å². The molecule has 100 valence electrons. The van der Waals surface area contributed by atoms with Gasteiger partial charge in [0, 0.05) is 17.7 Å². The van der Waals surface area contributed by atoms with Crippen LogP contribution in [0.4, 0.5) is 0 Å². The second kappa shape index (κ2) is 6.33. The molecule has 5 heteroatoms. The number of carboxylic acids is 1. The van der Waals surface area contributed by atoms with Crippen molar-refractivity contribution in [3.8, 4) is 0 Å². The number of amides is 1. The average Bonchev–Trinajstić information content (AvgIpc) is 2.80. The first-order chi connectivity index (χ1) is 9.16. The Bertz CT molecular complexity index is 591. The molecule has 4 nitrogen and oxygen atoms in total. The zero-order valence-corrected chi connectivity index (χ0v) is 11.2. The van der Waals surface area contributed by atoms with E-state index in [0.717, 1.165) is 6.42 Å². The molecule has 2 rings (SSSR count). The Balaban J connectivity index is 1.83. The number of nitrogens with one attached hydrogen (secondary N) is 1. The summed E-state index contributed by atoms with van der Waals surface area (Å²) in [7, 11) is 0. The van der Waals surface area contributed by atoms with Gasteiger partial charge in [0.1, 0.15) is 0 Å². The molecule has 0 radical (unpaired) electrons. The maximum absolute atomic E-state index is 11.4. The Morgan fingerprint density at radius 1 is 1.21 bits per heavy atom. The highest BCUT2D eigenvalue weighted by molar-refractivity contribution is 7.17. The van der Waals surface area contributed by atoms with Gasteiger partial charge in [0.05, 0.1) is 6.42 Å². The molecule has 0 saturated carbocycles. The fourth-order valence-electron chi connectivity index (χ4n) is 1.87. The summed E-state index contributed by atoms with van der Waals surface area (Å²) >= 11 is 1.70. The quantitative estimate of drug-likeness (QED) is 0.852. The van der Waals surface area contributed by atoms with Crippen molar-refractivity contribution in [3.05, 3.63) is 35.2 Å². The first-order valence-corrected chi connectivity index (χ1v) is 6.98. The van der Waals surface area contributed by atoms with Gasteiger partial charge >= 0.3 is 5.97 Å². The molecular formula is C14H15NO3S. The number of hydrogen-bond donors (Lipinski definition) is 2. The second-order valence-electron chi connectivity index (χ2n) is 4.25. The first kappa shape index (κ1) is 13.5. The smallest absolute Gasteiger partial charge is 0.303 e. The minimum Gasteiger partial charge on any atom is -0.481 e. The van der Waals surface area contributed by atoms with Crippen LogP contribution in [-0.4, -0.2) is 23.5 Å². The molecule has 0 aliphatic rings. The summed E-state index contributed by atoms with van der Waals surface area (Å²) in [4.78, 5) is 21.7. The van der Waals surface area contributed by atoms with E-state index in [0.29, 0.717) is 6.54 Å². The Hall–Kier alpha value is -1.88. The van der Waals surface area contributed by atoms with E-state index >= 15 is 0 Å². The fourth-order valence-corrected chi connectivity index (χ4v) is 2.87. The van der Waals surface area contributed by atoms with E-state index in [-0.39, 0.29) is 18.7 Å². The molecule has 0 bridgehead atoms. The predicted molar refractivity (Wildman–Crippen MR) is 75.4 cm³/mol. The molecule has 0 aliphatic heterocycles. The van der Waals surface area contributed by atoms with Gasteiger partial charge in [-0.15, -0.1) is 11.3 Å². The minimum absolute atomic E-state index is 0.0414. The third-order valence-electron chi connectivity index (χ3n) is 2.84. The number of thiophene rings is 1. The molecule has 0 aliphatic carbocycles. The number of carboxylic acid groups (broad SMARTS) is 1. The molecule has 2 N–H and O–H groups in total. The largest absolute Gasteiger partial charge is 0.481 e. The van der Waals surface area contributed by atoms with E-state index in [1.165, 1.54) is 15.6 Å². The van der Waals surface area contributed by atoms with Crippen LogP contribution in [0.5, 0.6) is 0 Å². The minimum atomic E-state index is -0.945. The summed E-state index contributed by atoms with van der Waals surface area (Å²) in [6.07, 6.45) is 0.690. The zero-order valence-electron chi connectivity index (χ0n) is 10.4. The Morgan fingerprint density at radius 3 is 2.79 bits per heavy atom. The van der Waals surface area contributed by atoms with Crippen molar-refractivity contribution in [2.75, 3.05) is 6.54 Å². The van der Waals surface area contributed by atoms with Crippen molar-refractivity contribution < 1.29 is 14.7 Å². The van der Waals surface area contributed by atoms with Gasteiger partial charge in [-0.25, -0.2) is 0 Å². The van der Waals surface area contributed by atoms with Gasteiger partial charge < -0.3 is 10.4 Å². The van der Waals surface area contributed by atoms with Crippen LogP contribution in [0.25, 0.3) is 10.1 Å². The highest BCUT2D eigenvalue weighted by Gasteiger charge is 2.06. The van der Waals surface area contributed by atoms with Gasteiger partial charge in [0.15, 0.2) is 0 Å². The number of fused-ring (bicyclic) bond motifs is 1. The van der Waals surface area contributed by atoms with Crippen LogP contribution in [0.3, 0.4) is 0 Å². The summed E-state index contributed by atoms with van der Waals surface area (Å²) < 4.78 is 1.25. The summed E-state index contributed by atoms with van der Waals surface area (Å²) in [6.45, 7) is 0.541. The lowest BCUT2D eigenvalue weighted by Gasteiger charge is -2.03. The number of hydrogen-bond acceptors (Lipinski definition) is 3. The average molecular weight is 277 g/mol. The SMILES string of the molecule is O=C(O)CCC(=O)NCCc1csc2ccccc12. The van der Waals surface area contributed by atoms with Crippen LogP contribution in [-0.2, 0) is 16.0 Å². The monoisotopic (exact) mass is 277 g/mol. The fraction of sp³-hybridized carbons (Fsp3) is 0.286. The van der Waals surface area contributed by atoms with Crippen molar-refractivity contribution in [1.82, 2.24) is 5.32 Å². The number of rotatable bonds is 6. The summed E-state index contributed by atoms with van der Waals surface area (Å²) in [6, 6.07) is 8.17. The van der Waals surface area contributed by atoms with Crippen LogP contribution in [0.1, 0.15) is 18.4 Å². The predicted octanol–water partition coefficient (Wildman–Crippen LogP) is 2.42. The van der Waals surface area contributed by atoms with Crippen LogP contribution in [0.2, 0.25) is 0 Å². The van der Waals surface area contributed by atoms with Crippen molar-refractivity contribution in [3.63, 3.8) is 0 Å². The van der Waals surface area contributed by atoms with Gasteiger partial charge in [-0.3, -0.25) is 9.59 Å². The third kappa shape index (κ3) is 3.79. The van der Waals surface area contributed by atoms with E-state index in [4.69, 9.17) is 5.11 Å². The van der Waals surface area contributed by atoms with Gasteiger partial charge in [-0.1, -0.05) is 18.2 Å². The van der Waals surface area contributed by atoms with Crippen molar-refractivity contribution in [1.29, 1.82) is 0 Å². The summed E-state index contributed by atoms with van der Waals surface area (Å²) in [5.74, 6) is -1.15. The van der Waals surface area contributed by atoms with E-state index in [1.54, 1.807) is 11.3 Å². The van der Waals surface area contributed by atoms with Crippen LogP contribution < -0.4 is 5.32 Å². The molecule has 0 fully saturated rings. The molecule has 0 atom stereocenters. The lowest BCUT2D eigenvalue weighted by molar-refractivity contribution is -0.138. The molecule has 1 heterocycles. The first-order valence-electron chi connectivity index (χ1n) is 6.10.